The minimum Gasteiger partial charge on any atom is -0.293 e. The van der Waals surface area contributed by atoms with Crippen molar-refractivity contribution in [3.63, 3.8) is 0 Å². The zero-order valence-corrected chi connectivity index (χ0v) is 12.7. The van der Waals surface area contributed by atoms with E-state index in [4.69, 9.17) is 0 Å². The lowest BCUT2D eigenvalue weighted by molar-refractivity contribution is 0.0984. The Bertz CT molecular complexity index is 665. The van der Waals surface area contributed by atoms with Gasteiger partial charge in [-0.3, -0.25) is 4.79 Å². The van der Waals surface area contributed by atoms with Gasteiger partial charge in [-0.05, 0) is 0 Å². The largest absolute Gasteiger partial charge is 0.293 e. The molecule has 0 unspecified atom stereocenters. The predicted octanol–water partition coefficient (Wildman–Crippen LogP) is 4.28. The first-order valence-electron chi connectivity index (χ1n) is 6.31. The molecule has 0 amide bonds. The van der Waals surface area contributed by atoms with Crippen LogP contribution < -0.4 is 0 Å². The van der Waals surface area contributed by atoms with E-state index >= 15 is 0 Å². The first-order chi connectivity index (χ1) is 9.68. The molecule has 0 N–H and O–H groups in total. The number of nitrogens with zero attached hydrogens (tertiary/aromatic N) is 1. The van der Waals surface area contributed by atoms with Gasteiger partial charge in [-0.1, -0.05) is 20.8 Å². The lowest BCUT2D eigenvalue weighted by Gasteiger charge is -2.14. The number of benzene rings is 1. The van der Waals surface area contributed by atoms with Crippen LogP contribution in [0, 0.1) is 17.5 Å². The van der Waals surface area contributed by atoms with Crippen molar-refractivity contribution >= 4 is 17.1 Å². The summed E-state index contributed by atoms with van der Waals surface area (Å²) in [6, 6.07) is 0.998. The number of Topliss-reactive ketones (excluding diaryl/α,β-unsaturated/α-hetero) is 1. The van der Waals surface area contributed by atoms with Gasteiger partial charge in [-0.2, -0.15) is 0 Å². The van der Waals surface area contributed by atoms with Crippen molar-refractivity contribution < 1.29 is 18.0 Å². The molecule has 0 aliphatic rings. The molecule has 1 heterocycles. The number of carbonyl (C=O) groups excluding carboxylic acids is 1. The molecule has 0 aliphatic heterocycles. The van der Waals surface area contributed by atoms with Gasteiger partial charge in [0.1, 0.15) is 22.5 Å². The fourth-order valence-corrected chi connectivity index (χ4v) is 2.79. The van der Waals surface area contributed by atoms with E-state index < -0.39 is 28.8 Å². The van der Waals surface area contributed by atoms with Crippen LogP contribution in [0.2, 0.25) is 0 Å². The number of ketones is 1. The second kappa shape index (κ2) is 5.60. The Morgan fingerprint density at radius 1 is 1.19 bits per heavy atom. The van der Waals surface area contributed by atoms with Gasteiger partial charge in [0.25, 0.3) is 0 Å². The fourth-order valence-electron chi connectivity index (χ4n) is 1.77. The molecule has 0 aliphatic carbocycles. The number of halogens is 3. The SMILES string of the molecule is CC(C)(C)c1csc(CC(=O)c2c(F)cc(F)cc2F)n1. The van der Waals surface area contributed by atoms with Gasteiger partial charge in [0, 0.05) is 22.9 Å². The van der Waals surface area contributed by atoms with E-state index in [2.05, 4.69) is 4.98 Å². The van der Waals surface area contributed by atoms with Crippen LogP contribution in [0.5, 0.6) is 0 Å². The molecule has 0 spiro atoms. The number of aromatic nitrogens is 1. The number of hydrogen-bond acceptors (Lipinski definition) is 3. The predicted molar refractivity (Wildman–Crippen MR) is 75.2 cm³/mol. The maximum atomic E-state index is 13.5. The second-order valence-electron chi connectivity index (χ2n) is 5.72. The van der Waals surface area contributed by atoms with E-state index in [1.165, 1.54) is 11.3 Å². The van der Waals surface area contributed by atoms with Crippen LogP contribution in [0.25, 0.3) is 0 Å². The van der Waals surface area contributed by atoms with Crippen LogP contribution in [0.1, 0.15) is 41.8 Å². The Balaban J connectivity index is 2.25. The highest BCUT2D eigenvalue weighted by atomic mass is 32.1. The standard InChI is InChI=1S/C15H14F3NOS/c1-15(2,3)12-7-21-13(19-12)6-11(20)14-9(17)4-8(16)5-10(14)18/h4-5,7H,6H2,1-3H3. The van der Waals surface area contributed by atoms with Crippen molar-refractivity contribution in [3.8, 4) is 0 Å². The zero-order valence-electron chi connectivity index (χ0n) is 11.8. The van der Waals surface area contributed by atoms with E-state index in [0.717, 1.165) is 5.69 Å². The molecule has 0 radical (unpaired) electrons. The van der Waals surface area contributed by atoms with E-state index in [-0.39, 0.29) is 11.8 Å². The molecule has 2 rings (SSSR count). The van der Waals surface area contributed by atoms with Gasteiger partial charge >= 0.3 is 0 Å². The van der Waals surface area contributed by atoms with E-state index in [9.17, 15) is 18.0 Å². The topological polar surface area (TPSA) is 30.0 Å². The highest BCUT2D eigenvalue weighted by molar-refractivity contribution is 7.09. The molecule has 21 heavy (non-hydrogen) atoms. The lowest BCUT2D eigenvalue weighted by atomic mass is 9.93. The fraction of sp³-hybridized carbons (Fsp3) is 0.333. The van der Waals surface area contributed by atoms with Gasteiger partial charge in [-0.25, -0.2) is 18.2 Å². The van der Waals surface area contributed by atoms with Crippen molar-refractivity contribution in [2.75, 3.05) is 0 Å². The summed E-state index contributed by atoms with van der Waals surface area (Å²) in [7, 11) is 0. The van der Waals surface area contributed by atoms with E-state index in [0.29, 0.717) is 17.1 Å². The third-order valence-electron chi connectivity index (χ3n) is 2.92. The van der Waals surface area contributed by atoms with Gasteiger partial charge in [0.05, 0.1) is 17.7 Å². The Hall–Kier alpha value is -1.69. The van der Waals surface area contributed by atoms with Crippen molar-refractivity contribution in [1.29, 1.82) is 0 Å². The molecule has 0 bridgehead atoms. The first-order valence-corrected chi connectivity index (χ1v) is 7.19. The summed E-state index contributed by atoms with van der Waals surface area (Å²) in [4.78, 5) is 16.3. The van der Waals surface area contributed by atoms with Gasteiger partial charge in [0.15, 0.2) is 5.78 Å². The van der Waals surface area contributed by atoms with Crippen LogP contribution >= 0.6 is 11.3 Å². The van der Waals surface area contributed by atoms with Gasteiger partial charge in [-0.15, -0.1) is 11.3 Å². The zero-order chi connectivity index (χ0) is 15.8. The number of thiazole rings is 1. The normalized spacial score (nSPS) is 11.7. The molecule has 0 atom stereocenters. The quantitative estimate of drug-likeness (QED) is 0.792. The average molecular weight is 313 g/mol. The molecular weight excluding hydrogens is 299 g/mol. The summed E-state index contributed by atoms with van der Waals surface area (Å²) in [5, 5.41) is 2.30. The van der Waals surface area contributed by atoms with Crippen molar-refractivity contribution in [3.05, 3.63) is 51.2 Å². The van der Waals surface area contributed by atoms with E-state index in [1.54, 1.807) is 0 Å². The smallest absolute Gasteiger partial charge is 0.175 e. The molecule has 2 aromatic rings. The summed E-state index contributed by atoms with van der Waals surface area (Å²) in [5.41, 5.74) is -0.0660. The molecule has 1 aromatic carbocycles. The third-order valence-corrected chi connectivity index (χ3v) is 3.77. The van der Waals surface area contributed by atoms with Crippen molar-refractivity contribution in [2.45, 2.75) is 32.6 Å². The van der Waals surface area contributed by atoms with Crippen LogP contribution in [-0.4, -0.2) is 10.8 Å². The van der Waals surface area contributed by atoms with E-state index in [1.807, 2.05) is 26.2 Å². The summed E-state index contributed by atoms with van der Waals surface area (Å²) in [6.07, 6.45) is -0.208. The number of carbonyl (C=O) groups is 1. The minimum atomic E-state index is -1.19. The van der Waals surface area contributed by atoms with Gasteiger partial charge < -0.3 is 0 Å². The molecule has 1 aromatic heterocycles. The van der Waals surface area contributed by atoms with Crippen LogP contribution in [0.4, 0.5) is 13.2 Å². The number of rotatable bonds is 3. The summed E-state index contributed by atoms with van der Waals surface area (Å²) in [6.45, 7) is 5.94. The molecule has 112 valence electrons. The summed E-state index contributed by atoms with van der Waals surface area (Å²) < 4.78 is 39.9. The summed E-state index contributed by atoms with van der Waals surface area (Å²) >= 11 is 1.26. The maximum absolute atomic E-state index is 13.5. The summed E-state index contributed by atoms with van der Waals surface area (Å²) in [5.74, 6) is -4.18. The number of hydrogen-bond donors (Lipinski definition) is 0. The van der Waals surface area contributed by atoms with Gasteiger partial charge in [0.2, 0.25) is 0 Å². The highest BCUT2D eigenvalue weighted by Crippen LogP contribution is 2.25. The maximum Gasteiger partial charge on any atom is 0.175 e. The monoisotopic (exact) mass is 313 g/mol. The molecule has 0 saturated heterocycles. The van der Waals surface area contributed by atoms with Crippen molar-refractivity contribution in [2.24, 2.45) is 0 Å². The average Bonchev–Trinajstić information content (AvgIpc) is 2.75. The minimum absolute atomic E-state index is 0.163. The molecule has 0 saturated carbocycles. The van der Waals surface area contributed by atoms with Crippen LogP contribution in [-0.2, 0) is 11.8 Å². The Morgan fingerprint density at radius 3 is 2.24 bits per heavy atom. The van der Waals surface area contributed by atoms with Crippen LogP contribution in [0.15, 0.2) is 17.5 Å². The highest BCUT2D eigenvalue weighted by Gasteiger charge is 2.22. The second-order valence-corrected chi connectivity index (χ2v) is 6.66. The van der Waals surface area contributed by atoms with Crippen LogP contribution in [0.3, 0.4) is 0 Å². The molecule has 6 heteroatoms. The Kier molecular flexibility index (Phi) is 4.18. The molecule has 2 nitrogen and oxygen atoms in total. The first kappa shape index (κ1) is 15.7. The molecule has 0 fully saturated rings. The van der Waals surface area contributed by atoms with Crippen molar-refractivity contribution in [1.82, 2.24) is 4.98 Å². The Morgan fingerprint density at radius 2 is 1.76 bits per heavy atom. The Labute approximate surface area is 124 Å². The third kappa shape index (κ3) is 3.50. The lowest BCUT2D eigenvalue weighted by Crippen LogP contribution is -2.13. The molecular formula is C15H14F3NOS.